The number of hydrogen-bond donors (Lipinski definition) is 0. The molecule has 0 aliphatic carbocycles. The van der Waals surface area contributed by atoms with Crippen LogP contribution in [0.4, 0.5) is 0 Å². The zero-order valence-corrected chi connectivity index (χ0v) is 9.10. The van der Waals surface area contributed by atoms with Gasteiger partial charge in [0, 0.05) is 19.7 Å². The predicted octanol–water partition coefficient (Wildman–Crippen LogP) is 1.43. The lowest BCUT2D eigenvalue weighted by Crippen LogP contribution is -2.09. The van der Waals surface area contributed by atoms with Gasteiger partial charge in [-0.1, -0.05) is 0 Å². The van der Waals surface area contributed by atoms with Crippen molar-refractivity contribution in [1.82, 2.24) is 4.90 Å². The molecule has 1 amide bonds. The molecule has 0 saturated heterocycles. The summed E-state index contributed by atoms with van der Waals surface area (Å²) in [6.07, 6.45) is 1.48. The largest absolute Gasteiger partial charge is 0.497 e. The van der Waals surface area contributed by atoms with Crippen LogP contribution in [0, 0.1) is 0 Å². The monoisotopic (exact) mass is 206 g/mol. The quantitative estimate of drug-likeness (QED) is 0.555. The van der Waals surface area contributed by atoms with E-state index >= 15 is 0 Å². The number of aliphatic imine (C=N–C) groups is 1. The number of hydrogen-bond acceptors (Lipinski definition) is 2. The van der Waals surface area contributed by atoms with Crippen molar-refractivity contribution in [2.24, 2.45) is 4.99 Å². The number of nitrogens with zero attached hydrogens (tertiary/aromatic N) is 2. The summed E-state index contributed by atoms with van der Waals surface area (Å²) in [7, 11) is 5.20. The molecule has 0 aliphatic rings. The standard InChI is InChI=1S/C11H14N2O2/c1-13(2)8-12-11(14)9-4-6-10(15-3)7-5-9/h4-8H,1-3H3/b12-8+. The summed E-state index contributed by atoms with van der Waals surface area (Å²) < 4.78 is 4.99. The average Bonchev–Trinajstić information content (AvgIpc) is 2.26. The van der Waals surface area contributed by atoms with Gasteiger partial charge in [-0.2, -0.15) is 4.99 Å². The van der Waals surface area contributed by atoms with Crippen LogP contribution in [-0.2, 0) is 0 Å². The van der Waals surface area contributed by atoms with Crippen LogP contribution in [0.25, 0.3) is 0 Å². The van der Waals surface area contributed by atoms with Gasteiger partial charge < -0.3 is 9.64 Å². The number of benzene rings is 1. The molecule has 0 bridgehead atoms. The van der Waals surface area contributed by atoms with Crippen LogP contribution in [0.1, 0.15) is 10.4 Å². The van der Waals surface area contributed by atoms with Crippen molar-refractivity contribution in [2.45, 2.75) is 0 Å². The van der Waals surface area contributed by atoms with Crippen molar-refractivity contribution in [3.63, 3.8) is 0 Å². The number of carbonyl (C=O) groups excluding carboxylic acids is 1. The Morgan fingerprint density at radius 3 is 2.40 bits per heavy atom. The lowest BCUT2D eigenvalue weighted by atomic mass is 10.2. The number of methoxy groups -OCH3 is 1. The Morgan fingerprint density at radius 2 is 1.93 bits per heavy atom. The second kappa shape index (κ2) is 5.14. The average molecular weight is 206 g/mol. The molecular weight excluding hydrogens is 192 g/mol. The topological polar surface area (TPSA) is 41.9 Å². The molecule has 4 nitrogen and oxygen atoms in total. The molecule has 0 aromatic heterocycles. The third-order valence-corrected chi connectivity index (χ3v) is 1.74. The molecule has 0 spiro atoms. The summed E-state index contributed by atoms with van der Waals surface area (Å²) in [6.45, 7) is 0. The molecule has 0 atom stereocenters. The second-order valence-corrected chi connectivity index (χ2v) is 3.24. The number of amides is 1. The Hall–Kier alpha value is -1.84. The molecule has 0 aliphatic heterocycles. The van der Waals surface area contributed by atoms with Gasteiger partial charge in [-0.3, -0.25) is 4.79 Å². The maximum absolute atomic E-state index is 11.5. The summed E-state index contributed by atoms with van der Waals surface area (Å²) in [4.78, 5) is 17.0. The highest BCUT2D eigenvalue weighted by Gasteiger charge is 2.02. The molecular formula is C11H14N2O2. The van der Waals surface area contributed by atoms with Gasteiger partial charge in [-0.05, 0) is 24.3 Å². The maximum atomic E-state index is 11.5. The molecule has 1 aromatic rings. The van der Waals surface area contributed by atoms with Gasteiger partial charge in [0.05, 0.1) is 13.4 Å². The second-order valence-electron chi connectivity index (χ2n) is 3.24. The van der Waals surface area contributed by atoms with Crippen LogP contribution in [0.5, 0.6) is 5.75 Å². The van der Waals surface area contributed by atoms with Crippen LogP contribution in [0.3, 0.4) is 0 Å². The first kappa shape index (κ1) is 11.2. The molecule has 0 N–H and O–H groups in total. The van der Waals surface area contributed by atoms with Gasteiger partial charge in [-0.15, -0.1) is 0 Å². The number of rotatable bonds is 3. The Labute approximate surface area is 89.2 Å². The fourth-order valence-corrected chi connectivity index (χ4v) is 0.976. The smallest absolute Gasteiger partial charge is 0.278 e. The highest BCUT2D eigenvalue weighted by atomic mass is 16.5. The first-order valence-corrected chi connectivity index (χ1v) is 4.52. The van der Waals surface area contributed by atoms with E-state index < -0.39 is 0 Å². The van der Waals surface area contributed by atoms with E-state index in [9.17, 15) is 4.79 Å². The molecule has 0 heterocycles. The molecule has 0 saturated carbocycles. The fourth-order valence-electron chi connectivity index (χ4n) is 0.976. The Morgan fingerprint density at radius 1 is 1.33 bits per heavy atom. The van der Waals surface area contributed by atoms with Crippen LogP contribution >= 0.6 is 0 Å². The minimum absolute atomic E-state index is 0.258. The summed E-state index contributed by atoms with van der Waals surface area (Å²) >= 11 is 0. The molecule has 0 fully saturated rings. The van der Waals surface area contributed by atoms with Crippen molar-refractivity contribution in [3.05, 3.63) is 29.8 Å². The van der Waals surface area contributed by atoms with Crippen molar-refractivity contribution < 1.29 is 9.53 Å². The minimum Gasteiger partial charge on any atom is -0.497 e. The Kier molecular flexibility index (Phi) is 3.85. The highest BCUT2D eigenvalue weighted by Crippen LogP contribution is 2.11. The van der Waals surface area contributed by atoms with Crippen LogP contribution in [-0.4, -0.2) is 38.4 Å². The van der Waals surface area contributed by atoms with E-state index in [-0.39, 0.29) is 5.91 Å². The first-order valence-electron chi connectivity index (χ1n) is 4.52. The van der Waals surface area contributed by atoms with Crippen LogP contribution < -0.4 is 4.74 Å². The minimum atomic E-state index is -0.258. The first-order chi connectivity index (χ1) is 7.13. The predicted molar refractivity (Wildman–Crippen MR) is 59.5 cm³/mol. The molecule has 80 valence electrons. The number of carbonyl (C=O) groups is 1. The van der Waals surface area contributed by atoms with E-state index in [2.05, 4.69) is 4.99 Å². The Bertz CT molecular complexity index is 355. The zero-order valence-electron chi connectivity index (χ0n) is 9.10. The van der Waals surface area contributed by atoms with Gasteiger partial charge in [0.2, 0.25) is 0 Å². The summed E-state index contributed by atoms with van der Waals surface area (Å²) in [5, 5.41) is 0. The molecule has 0 radical (unpaired) electrons. The molecule has 0 unspecified atom stereocenters. The summed E-state index contributed by atoms with van der Waals surface area (Å²) in [5.74, 6) is 0.467. The SMILES string of the molecule is COc1ccc(C(=O)/N=C/N(C)C)cc1. The van der Waals surface area contributed by atoms with Crippen LogP contribution in [0.2, 0.25) is 0 Å². The van der Waals surface area contributed by atoms with E-state index in [1.54, 1.807) is 36.3 Å². The summed E-state index contributed by atoms with van der Waals surface area (Å²) in [6, 6.07) is 6.85. The molecule has 15 heavy (non-hydrogen) atoms. The molecule has 1 aromatic carbocycles. The van der Waals surface area contributed by atoms with E-state index in [0.717, 1.165) is 5.75 Å². The molecule has 1 rings (SSSR count). The molecule has 4 heteroatoms. The highest BCUT2D eigenvalue weighted by molar-refractivity contribution is 5.98. The van der Waals surface area contributed by atoms with E-state index in [1.807, 2.05) is 14.1 Å². The summed E-state index contributed by atoms with van der Waals surface area (Å²) in [5.41, 5.74) is 0.550. The van der Waals surface area contributed by atoms with Gasteiger partial charge in [0.1, 0.15) is 5.75 Å². The fraction of sp³-hybridized carbons (Fsp3) is 0.273. The van der Waals surface area contributed by atoms with Crippen molar-refractivity contribution in [1.29, 1.82) is 0 Å². The number of ether oxygens (including phenoxy) is 1. The van der Waals surface area contributed by atoms with Gasteiger partial charge in [-0.25, -0.2) is 0 Å². The van der Waals surface area contributed by atoms with Crippen molar-refractivity contribution >= 4 is 12.2 Å². The van der Waals surface area contributed by atoms with Gasteiger partial charge in [0.25, 0.3) is 5.91 Å². The lowest BCUT2D eigenvalue weighted by Gasteiger charge is -2.02. The van der Waals surface area contributed by atoms with Crippen LogP contribution in [0.15, 0.2) is 29.3 Å². The van der Waals surface area contributed by atoms with E-state index in [0.29, 0.717) is 5.56 Å². The van der Waals surface area contributed by atoms with Gasteiger partial charge >= 0.3 is 0 Å². The van der Waals surface area contributed by atoms with E-state index in [4.69, 9.17) is 4.74 Å². The van der Waals surface area contributed by atoms with Gasteiger partial charge in [0.15, 0.2) is 0 Å². The van der Waals surface area contributed by atoms with Crippen molar-refractivity contribution in [2.75, 3.05) is 21.2 Å². The third kappa shape index (κ3) is 3.42. The Balaban J connectivity index is 2.74. The normalized spacial score (nSPS) is 10.3. The van der Waals surface area contributed by atoms with Crippen molar-refractivity contribution in [3.8, 4) is 5.75 Å². The third-order valence-electron chi connectivity index (χ3n) is 1.74. The zero-order chi connectivity index (χ0) is 11.3. The lowest BCUT2D eigenvalue weighted by molar-refractivity contribution is 0.100. The maximum Gasteiger partial charge on any atom is 0.278 e. The van der Waals surface area contributed by atoms with E-state index in [1.165, 1.54) is 6.34 Å².